The second kappa shape index (κ2) is 5.00. The summed E-state index contributed by atoms with van der Waals surface area (Å²) in [6, 6.07) is 5.61. The van der Waals surface area contributed by atoms with Gasteiger partial charge < -0.3 is 5.32 Å². The molecule has 0 saturated carbocycles. The maximum atomic E-state index is 12.2. The van der Waals surface area contributed by atoms with Gasteiger partial charge in [0.2, 0.25) is 0 Å². The third-order valence-electron chi connectivity index (χ3n) is 2.90. The average molecular weight is 244 g/mol. The Morgan fingerprint density at radius 2 is 2.00 bits per heavy atom. The molecule has 0 aliphatic rings. The minimum absolute atomic E-state index is 0.0884. The molecule has 2 rings (SSSR count). The Hall–Kier alpha value is -2.17. The lowest BCUT2D eigenvalue weighted by atomic mass is 10.0. The Morgan fingerprint density at radius 3 is 2.56 bits per heavy atom. The first-order valence-electron chi connectivity index (χ1n) is 5.82. The molecule has 0 spiro atoms. The number of carbonyl (C=O) groups is 1. The van der Waals surface area contributed by atoms with Crippen molar-refractivity contribution in [3.63, 3.8) is 0 Å². The van der Waals surface area contributed by atoms with E-state index in [4.69, 9.17) is 0 Å². The number of rotatable bonds is 3. The van der Waals surface area contributed by atoms with Gasteiger partial charge in [0.1, 0.15) is 12.2 Å². The zero-order valence-corrected chi connectivity index (χ0v) is 10.7. The van der Waals surface area contributed by atoms with Gasteiger partial charge in [0.25, 0.3) is 5.91 Å². The number of H-pyrrole nitrogens is 1. The van der Waals surface area contributed by atoms with Crippen molar-refractivity contribution in [1.29, 1.82) is 0 Å². The highest BCUT2D eigenvalue weighted by Crippen LogP contribution is 2.14. The zero-order valence-electron chi connectivity index (χ0n) is 10.7. The molecule has 0 fully saturated rings. The predicted octanol–water partition coefficient (Wildman–Crippen LogP) is 1.91. The molecule has 0 aliphatic heterocycles. The molecular weight excluding hydrogens is 228 g/mol. The molecule has 1 atom stereocenters. The van der Waals surface area contributed by atoms with Crippen LogP contribution in [0.2, 0.25) is 0 Å². The molecule has 0 radical (unpaired) electrons. The highest BCUT2D eigenvalue weighted by Gasteiger charge is 2.16. The first kappa shape index (κ1) is 12.3. The number of nitrogens with one attached hydrogen (secondary N) is 2. The normalized spacial score (nSPS) is 12.2. The number of aromatic amines is 1. The maximum Gasteiger partial charge on any atom is 0.252 e. The second-order valence-electron chi connectivity index (χ2n) is 4.33. The fourth-order valence-corrected chi connectivity index (χ4v) is 1.93. The van der Waals surface area contributed by atoms with Crippen molar-refractivity contribution in [3.8, 4) is 0 Å². The number of carbonyl (C=O) groups excluding carboxylic acids is 1. The summed E-state index contributed by atoms with van der Waals surface area (Å²) in [6.45, 7) is 5.73. The molecule has 0 aliphatic carbocycles. The Kier molecular flexibility index (Phi) is 3.41. The number of benzene rings is 1. The van der Waals surface area contributed by atoms with E-state index >= 15 is 0 Å². The molecule has 18 heavy (non-hydrogen) atoms. The van der Waals surface area contributed by atoms with Crippen LogP contribution in [-0.4, -0.2) is 21.1 Å². The van der Waals surface area contributed by atoms with Gasteiger partial charge >= 0.3 is 0 Å². The Bertz CT molecular complexity index is 528. The SMILES string of the molecule is Cc1cccc(C)c1C(=O)NC(C)c1ncn[nH]1. The van der Waals surface area contributed by atoms with Gasteiger partial charge in [-0.3, -0.25) is 9.89 Å². The molecule has 2 aromatic rings. The van der Waals surface area contributed by atoms with Crippen LogP contribution >= 0.6 is 0 Å². The lowest BCUT2D eigenvalue weighted by Crippen LogP contribution is -2.28. The summed E-state index contributed by atoms with van der Waals surface area (Å²) in [5.74, 6) is 0.559. The van der Waals surface area contributed by atoms with E-state index in [0.29, 0.717) is 5.82 Å². The van der Waals surface area contributed by atoms with E-state index in [0.717, 1.165) is 16.7 Å². The molecule has 1 heterocycles. The van der Waals surface area contributed by atoms with Gasteiger partial charge in [-0.05, 0) is 31.9 Å². The fraction of sp³-hybridized carbons (Fsp3) is 0.308. The topological polar surface area (TPSA) is 70.7 Å². The Balaban J connectivity index is 2.18. The number of nitrogens with zero attached hydrogens (tertiary/aromatic N) is 2. The average Bonchev–Trinajstić information content (AvgIpc) is 2.81. The van der Waals surface area contributed by atoms with E-state index in [2.05, 4.69) is 20.5 Å². The van der Waals surface area contributed by atoms with Crippen molar-refractivity contribution in [2.75, 3.05) is 0 Å². The molecule has 5 nitrogen and oxygen atoms in total. The van der Waals surface area contributed by atoms with Gasteiger partial charge in [-0.2, -0.15) is 5.10 Å². The van der Waals surface area contributed by atoms with E-state index in [9.17, 15) is 4.79 Å². The van der Waals surface area contributed by atoms with Crippen molar-refractivity contribution in [2.24, 2.45) is 0 Å². The van der Waals surface area contributed by atoms with Gasteiger partial charge in [0.05, 0.1) is 6.04 Å². The lowest BCUT2D eigenvalue weighted by Gasteiger charge is -2.14. The molecule has 1 unspecified atom stereocenters. The molecule has 2 N–H and O–H groups in total. The van der Waals surface area contributed by atoms with E-state index in [-0.39, 0.29) is 11.9 Å². The van der Waals surface area contributed by atoms with Crippen LogP contribution in [-0.2, 0) is 0 Å². The van der Waals surface area contributed by atoms with Crippen LogP contribution < -0.4 is 5.32 Å². The number of aryl methyl sites for hydroxylation is 2. The number of amides is 1. The molecule has 1 amide bonds. The minimum Gasteiger partial charge on any atom is -0.342 e. The largest absolute Gasteiger partial charge is 0.342 e. The second-order valence-corrected chi connectivity index (χ2v) is 4.33. The maximum absolute atomic E-state index is 12.2. The predicted molar refractivity (Wildman–Crippen MR) is 68.2 cm³/mol. The Morgan fingerprint density at radius 1 is 1.33 bits per heavy atom. The summed E-state index contributed by atoms with van der Waals surface area (Å²) in [7, 11) is 0. The van der Waals surface area contributed by atoms with Gasteiger partial charge in [-0.15, -0.1) is 0 Å². The summed E-state index contributed by atoms with van der Waals surface area (Å²) in [5.41, 5.74) is 2.67. The van der Waals surface area contributed by atoms with E-state index in [1.54, 1.807) is 0 Å². The summed E-state index contributed by atoms with van der Waals surface area (Å²) in [6.07, 6.45) is 1.43. The molecule has 0 bridgehead atoms. The highest BCUT2D eigenvalue weighted by atomic mass is 16.1. The number of hydrogen-bond acceptors (Lipinski definition) is 3. The fourth-order valence-electron chi connectivity index (χ4n) is 1.93. The van der Waals surface area contributed by atoms with Gasteiger partial charge in [-0.25, -0.2) is 4.98 Å². The summed E-state index contributed by atoms with van der Waals surface area (Å²) in [4.78, 5) is 16.2. The smallest absolute Gasteiger partial charge is 0.252 e. The summed E-state index contributed by atoms with van der Waals surface area (Å²) in [5, 5.41) is 9.43. The molecule has 1 aromatic carbocycles. The van der Waals surface area contributed by atoms with Crippen molar-refractivity contribution in [3.05, 3.63) is 47.0 Å². The van der Waals surface area contributed by atoms with E-state index in [1.807, 2.05) is 39.0 Å². The summed E-state index contributed by atoms with van der Waals surface area (Å²) < 4.78 is 0. The van der Waals surface area contributed by atoms with Gasteiger partial charge in [0, 0.05) is 5.56 Å². The third-order valence-corrected chi connectivity index (χ3v) is 2.90. The van der Waals surface area contributed by atoms with Crippen LogP contribution in [0.3, 0.4) is 0 Å². The van der Waals surface area contributed by atoms with Crippen LogP contribution in [0.4, 0.5) is 0 Å². The lowest BCUT2D eigenvalue weighted by molar-refractivity contribution is 0.0937. The molecule has 1 aromatic heterocycles. The summed E-state index contributed by atoms with van der Waals surface area (Å²) >= 11 is 0. The quantitative estimate of drug-likeness (QED) is 0.866. The van der Waals surface area contributed by atoms with Crippen LogP contribution in [0.15, 0.2) is 24.5 Å². The molecular formula is C13H16N4O. The molecule has 5 heteroatoms. The van der Waals surface area contributed by atoms with Crippen LogP contribution in [0.25, 0.3) is 0 Å². The van der Waals surface area contributed by atoms with Gasteiger partial charge in [-0.1, -0.05) is 18.2 Å². The number of hydrogen-bond donors (Lipinski definition) is 2. The van der Waals surface area contributed by atoms with Crippen molar-refractivity contribution in [1.82, 2.24) is 20.5 Å². The Labute approximate surface area is 106 Å². The van der Waals surface area contributed by atoms with Crippen LogP contribution in [0.5, 0.6) is 0 Å². The minimum atomic E-state index is -0.195. The monoisotopic (exact) mass is 244 g/mol. The van der Waals surface area contributed by atoms with Crippen molar-refractivity contribution in [2.45, 2.75) is 26.8 Å². The zero-order chi connectivity index (χ0) is 13.1. The van der Waals surface area contributed by atoms with Crippen molar-refractivity contribution < 1.29 is 4.79 Å². The van der Waals surface area contributed by atoms with Crippen LogP contribution in [0.1, 0.15) is 40.3 Å². The molecule has 0 saturated heterocycles. The molecule has 94 valence electrons. The van der Waals surface area contributed by atoms with E-state index in [1.165, 1.54) is 6.33 Å². The first-order valence-corrected chi connectivity index (χ1v) is 5.82. The first-order chi connectivity index (χ1) is 8.59. The van der Waals surface area contributed by atoms with Gasteiger partial charge in [0.15, 0.2) is 0 Å². The van der Waals surface area contributed by atoms with Crippen molar-refractivity contribution >= 4 is 5.91 Å². The third kappa shape index (κ3) is 2.40. The van der Waals surface area contributed by atoms with E-state index < -0.39 is 0 Å². The highest BCUT2D eigenvalue weighted by molar-refractivity contribution is 5.97. The van der Waals surface area contributed by atoms with Crippen LogP contribution in [0, 0.1) is 13.8 Å². The number of aromatic nitrogens is 3. The standard InChI is InChI=1S/C13H16N4O/c1-8-5-4-6-9(2)11(8)13(18)16-10(3)12-14-7-15-17-12/h4-7,10H,1-3H3,(H,16,18)(H,14,15,17).